The molecular weight excluding hydrogens is 316 g/mol. The van der Waals surface area contributed by atoms with Gasteiger partial charge in [-0.15, -0.1) is 0 Å². The number of guanidine groups is 1. The fourth-order valence-electron chi connectivity index (χ4n) is 2.43. The van der Waals surface area contributed by atoms with Crippen LogP contribution in [0, 0.1) is 0 Å². The van der Waals surface area contributed by atoms with Gasteiger partial charge < -0.3 is 19.7 Å². The van der Waals surface area contributed by atoms with Gasteiger partial charge in [0.15, 0.2) is 5.96 Å². The van der Waals surface area contributed by atoms with Crippen molar-refractivity contribution in [1.29, 1.82) is 0 Å². The average molecular weight is 342 g/mol. The van der Waals surface area contributed by atoms with Crippen molar-refractivity contribution >= 4 is 5.96 Å². The first-order valence-electron chi connectivity index (χ1n) is 8.28. The van der Waals surface area contributed by atoms with E-state index in [0.717, 1.165) is 29.4 Å². The zero-order valence-electron chi connectivity index (χ0n) is 15.3. The van der Waals surface area contributed by atoms with Crippen molar-refractivity contribution < 1.29 is 9.47 Å². The Kier molecular flexibility index (Phi) is 7.07. The van der Waals surface area contributed by atoms with Crippen molar-refractivity contribution in [3.8, 4) is 11.6 Å². The standard InChI is InChI=1S/C19H26N4O2/c1-5-20-19(22-13-15-10-11-18(25-4)21-12-15)23(2)14-16-8-6-7-9-17(16)24-3/h6-12H,5,13-14H2,1-4H3,(H,20,22). The largest absolute Gasteiger partial charge is 0.496 e. The normalized spacial score (nSPS) is 11.1. The molecule has 0 saturated heterocycles. The van der Waals surface area contributed by atoms with Gasteiger partial charge in [-0.05, 0) is 18.6 Å². The van der Waals surface area contributed by atoms with Crippen LogP contribution in [-0.4, -0.2) is 43.7 Å². The minimum atomic E-state index is 0.551. The Morgan fingerprint density at radius 2 is 1.96 bits per heavy atom. The van der Waals surface area contributed by atoms with E-state index < -0.39 is 0 Å². The van der Waals surface area contributed by atoms with E-state index in [9.17, 15) is 0 Å². The summed E-state index contributed by atoms with van der Waals surface area (Å²) in [4.78, 5) is 11.0. The van der Waals surface area contributed by atoms with Crippen LogP contribution >= 0.6 is 0 Å². The number of hydrogen-bond donors (Lipinski definition) is 1. The van der Waals surface area contributed by atoms with Crippen LogP contribution < -0.4 is 14.8 Å². The molecule has 0 aliphatic heterocycles. The van der Waals surface area contributed by atoms with E-state index in [-0.39, 0.29) is 0 Å². The van der Waals surface area contributed by atoms with Crippen LogP contribution in [0.1, 0.15) is 18.1 Å². The molecule has 0 saturated carbocycles. The Labute approximate surface area is 149 Å². The number of aliphatic imine (C=N–C) groups is 1. The summed E-state index contributed by atoms with van der Waals surface area (Å²) in [5, 5.41) is 3.32. The quantitative estimate of drug-likeness (QED) is 0.619. The number of methoxy groups -OCH3 is 2. The molecule has 6 nitrogen and oxygen atoms in total. The van der Waals surface area contributed by atoms with Crippen LogP contribution in [0.3, 0.4) is 0 Å². The molecule has 134 valence electrons. The molecule has 0 aliphatic rings. The van der Waals surface area contributed by atoms with Crippen molar-refractivity contribution in [1.82, 2.24) is 15.2 Å². The number of benzene rings is 1. The predicted molar refractivity (Wildman–Crippen MR) is 100 cm³/mol. The fourth-order valence-corrected chi connectivity index (χ4v) is 2.43. The smallest absolute Gasteiger partial charge is 0.212 e. The second kappa shape index (κ2) is 9.52. The van der Waals surface area contributed by atoms with Crippen molar-refractivity contribution in [2.24, 2.45) is 4.99 Å². The summed E-state index contributed by atoms with van der Waals surface area (Å²) in [6, 6.07) is 11.8. The van der Waals surface area contributed by atoms with E-state index in [0.29, 0.717) is 19.0 Å². The number of para-hydroxylation sites is 1. The van der Waals surface area contributed by atoms with E-state index in [1.165, 1.54) is 0 Å². The van der Waals surface area contributed by atoms with Crippen LogP contribution in [0.15, 0.2) is 47.6 Å². The van der Waals surface area contributed by atoms with Gasteiger partial charge in [0, 0.05) is 38.0 Å². The molecule has 0 aliphatic carbocycles. The highest BCUT2D eigenvalue weighted by molar-refractivity contribution is 5.79. The molecule has 0 fully saturated rings. The molecule has 0 bridgehead atoms. The Morgan fingerprint density at radius 3 is 2.60 bits per heavy atom. The number of ether oxygens (including phenoxy) is 2. The molecule has 0 atom stereocenters. The first-order valence-corrected chi connectivity index (χ1v) is 8.28. The summed E-state index contributed by atoms with van der Waals surface area (Å²) in [5.41, 5.74) is 2.14. The summed E-state index contributed by atoms with van der Waals surface area (Å²) in [7, 11) is 5.31. The summed E-state index contributed by atoms with van der Waals surface area (Å²) in [5.74, 6) is 2.32. The third-order valence-corrected chi connectivity index (χ3v) is 3.71. The van der Waals surface area contributed by atoms with Gasteiger partial charge in [-0.1, -0.05) is 24.3 Å². The van der Waals surface area contributed by atoms with Gasteiger partial charge in [0.2, 0.25) is 5.88 Å². The molecule has 2 rings (SSSR count). The van der Waals surface area contributed by atoms with E-state index in [1.807, 2.05) is 37.4 Å². The van der Waals surface area contributed by atoms with Crippen molar-refractivity contribution in [3.05, 3.63) is 53.7 Å². The van der Waals surface area contributed by atoms with Gasteiger partial charge in [-0.3, -0.25) is 0 Å². The maximum absolute atomic E-state index is 5.43. The first-order chi connectivity index (χ1) is 12.2. The van der Waals surface area contributed by atoms with Gasteiger partial charge >= 0.3 is 0 Å². The number of aromatic nitrogens is 1. The third kappa shape index (κ3) is 5.38. The summed E-state index contributed by atoms with van der Waals surface area (Å²) >= 11 is 0. The highest BCUT2D eigenvalue weighted by Crippen LogP contribution is 2.18. The van der Waals surface area contributed by atoms with Crippen LogP contribution in [-0.2, 0) is 13.1 Å². The van der Waals surface area contributed by atoms with Gasteiger partial charge in [-0.25, -0.2) is 9.98 Å². The topological polar surface area (TPSA) is 59.0 Å². The Morgan fingerprint density at radius 1 is 1.16 bits per heavy atom. The van der Waals surface area contributed by atoms with Gasteiger partial charge in [0.1, 0.15) is 5.75 Å². The van der Waals surface area contributed by atoms with E-state index in [2.05, 4.69) is 28.2 Å². The first kappa shape index (κ1) is 18.6. The van der Waals surface area contributed by atoms with E-state index in [4.69, 9.17) is 14.5 Å². The van der Waals surface area contributed by atoms with Crippen molar-refractivity contribution in [2.45, 2.75) is 20.0 Å². The molecule has 6 heteroatoms. The number of nitrogens with zero attached hydrogens (tertiary/aromatic N) is 3. The van der Waals surface area contributed by atoms with Crippen LogP contribution in [0.4, 0.5) is 0 Å². The molecule has 0 unspecified atom stereocenters. The maximum Gasteiger partial charge on any atom is 0.212 e. The Balaban J connectivity index is 2.09. The zero-order chi connectivity index (χ0) is 18.1. The molecule has 1 N–H and O–H groups in total. The molecule has 1 heterocycles. The van der Waals surface area contributed by atoms with Gasteiger partial charge in [-0.2, -0.15) is 0 Å². The molecular formula is C19H26N4O2. The van der Waals surface area contributed by atoms with Crippen LogP contribution in [0.2, 0.25) is 0 Å². The summed E-state index contributed by atoms with van der Waals surface area (Å²) in [6.07, 6.45) is 1.78. The summed E-state index contributed by atoms with van der Waals surface area (Å²) in [6.45, 7) is 4.11. The van der Waals surface area contributed by atoms with Gasteiger partial charge in [0.05, 0.1) is 20.8 Å². The van der Waals surface area contributed by atoms with E-state index >= 15 is 0 Å². The number of pyridine rings is 1. The number of rotatable bonds is 7. The lowest BCUT2D eigenvalue weighted by Crippen LogP contribution is -2.38. The predicted octanol–water partition coefficient (Wildman–Crippen LogP) is 2.70. The SMILES string of the molecule is CCNC(=NCc1ccc(OC)nc1)N(C)Cc1ccccc1OC. The minimum absolute atomic E-state index is 0.551. The molecule has 25 heavy (non-hydrogen) atoms. The zero-order valence-corrected chi connectivity index (χ0v) is 15.3. The Bertz CT molecular complexity index is 686. The average Bonchev–Trinajstić information content (AvgIpc) is 2.65. The highest BCUT2D eigenvalue weighted by Gasteiger charge is 2.09. The number of hydrogen-bond acceptors (Lipinski definition) is 4. The van der Waals surface area contributed by atoms with Crippen molar-refractivity contribution in [3.63, 3.8) is 0 Å². The fraction of sp³-hybridized carbons (Fsp3) is 0.368. The van der Waals surface area contributed by atoms with E-state index in [1.54, 1.807) is 20.4 Å². The molecule has 2 aromatic rings. The molecule has 0 amide bonds. The molecule has 0 radical (unpaired) electrons. The summed E-state index contributed by atoms with van der Waals surface area (Å²) < 4.78 is 10.5. The third-order valence-electron chi connectivity index (χ3n) is 3.71. The second-order valence-electron chi connectivity index (χ2n) is 5.55. The second-order valence-corrected chi connectivity index (χ2v) is 5.55. The number of nitrogens with one attached hydrogen (secondary N) is 1. The monoisotopic (exact) mass is 342 g/mol. The lowest BCUT2D eigenvalue weighted by atomic mass is 10.2. The molecule has 1 aromatic heterocycles. The molecule has 1 aromatic carbocycles. The maximum atomic E-state index is 5.43. The lowest BCUT2D eigenvalue weighted by Gasteiger charge is -2.23. The minimum Gasteiger partial charge on any atom is -0.496 e. The van der Waals surface area contributed by atoms with Crippen LogP contribution in [0.5, 0.6) is 11.6 Å². The van der Waals surface area contributed by atoms with Crippen molar-refractivity contribution in [2.75, 3.05) is 27.8 Å². The van der Waals surface area contributed by atoms with Gasteiger partial charge in [0.25, 0.3) is 0 Å². The Hall–Kier alpha value is -2.76. The van der Waals surface area contributed by atoms with Crippen LogP contribution in [0.25, 0.3) is 0 Å². The molecule has 0 spiro atoms. The lowest BCUT2D eigenvalue weighted by molar-refractivity contribution is 0.396. The highest BCUT2D eigenvalue weighted by atomic mass is 16.5.